The van der Waals surface area contributed by atoms with Gasteiger partial charge in [-0.2, -0.15) is 0 Å². The molecular formula is C12H6Cl4N2O. The van der Waals surface area contributed by atoms with E-state index in [1.807, 2.05) is 0 Å². The third kappa shape index (κ3) is 3.31. The summed E-state index contributed by atoms with van der Waals surface area (Å²) in [6.07, 6.45) is 0. The number of pyridine rings is 1. The predicted molar refractivity (Wildman–Crippen MR) is 78.7 cm³/mol. The minimum Gasteiger partial charge on any atom is -0.318 e. The number of carbonyl (C=O) groups is 1. The lowest BCUT2D eigenvalue weighted by Crippen LogP contribution is -2.15. The Labute approximate surface area is 129 Å². The molecule has 2 rings (SSSR count). The van der Waals surface area contributed by atoms with E-state index in [4.69, 9.17) is 46.4 Å². The second kappa shape index (κ2) is 5.97. The maximum Gasteiger partial charge on any atom is 0.275 e. The predicted octanol–water partition coefficient (Wildman–Crippen LogP) is 4.95. The Morgan fingerprint density at radius 1 is 0.947 bits per heavy atom. The monoisotopic (exact) mass is 334 g/mol. The first-order chi connectivity index (χ1) is 8.99. The molecule has 0 fully saturated rings. The molecule has 0 saturated carbocycles. The van der Waals surface area contributed by atoms with Gasteiger partial charge in [0, 0.05) is 0 Å². The number of amides is 1. The number of nitrogens with one attached hydrogen (secondary N) is 1. The fourth-order valence-electron chi connectivity index (χ4n) is 1.37. The van der Waals surface area contributed by atoms with Crippen molar-refractivity contribution in [3.05, 3.63) is 56.2 Å². The first-order valence-electron chi connectivity index (χ1n) is 5.06. The smallest absolute Gasteiger partial charge is 0.275 e. The Bertz CT molecular complexity index is 625. The molecule has 2 aromatic rings. The van der Waals surface area contributed by atoms with Gasteiger partial charge in [-0.05, 0) is 24.3 Å². The van der Waals surface area contributed by atoms with Gasteiger partial charge in [-0.15, -0.1) is 0 Å². The fourth-order valence-corrected chi connectivity index (χ4v) is 2.20. The number of anilines is 1. The van der Waals surface area contributed by atoms with Crippen LogP contribution in [0.25, 0.3) is 0 Å². The highest BCUT2D eigenvalue weighted by molar-refractivity contribution is 6.40. The van der Waals surface area contributed by atoms with E-state index in [-0.39, 0.29) is 15.9 Å². The molecule has 1 amide bonds. The van der Waals surface area contributed by atoms with Gasteiger partial charge in [-0.3, -0.25) is 4.79 Å². The van der Waals surface area contributed by atoms with Crippen LogP contribution in [0, 0.1) is 0 Å². The van der Waals surface area contributed by atoms with Crippen molar-refractivity contribution in [3.8, 4) is 0 Å². The zero-order valence-corrected chi connectivity index (χ0v) is 12.3. The highest BCUT2D eigenvalue weighted by atomic mass is 35.5. The van der Waals surface area contributed by atoms with Gasteiger partial charge in [0.25, 0.3) is 5.91 Å². The van der Waals surface area contributed by atoms with E-state index in [0.29, 0.717) is 15.7 Å². The standard InChI is InChI=1S/C12H6Cl4N2O/c13-6-2-1-3-7(14)10(6)18-12(19)11-8(15)4-5-9(16)17-11/h1-5H,(H,18,19). The minimum absolute atomic E-state index is 0.00477. The molecule has 98 valence electrons. The number of hydrogen-bond acceptors (Lipinski definition) is 2. The number of nitrogens with zero attached hydrogens (tertiary/aromatic N) is 1. The van der Waals surface area contributed by atoms with E-state index < -0.39 is 5.91 Å². The SMILES string of the molecule is O=C(Nc1c(Cl)cccc1Cl)c1nc(Cl)ccc1Cl. The van der Waals surface area contributed by atoms with Crippen molar-refractivity contribution >= 4 is 58.0 Å². The number of benzene rings is 1. The number of halogens is 4. The Morgan fingerprint density at radius 2 is 1.58 bits per heavy atom. The molecular weight excluding hydrogens is 330 g/mol. The number of para-hydroxylation sites is 1. The Hall–Kier alpha value is -1.000. The summed E-state index contributed by atoms with van der Waals surface area (Å²) in [7, 11) is 0. The number of carbonyl (C=O) groups excluding carboxylic acids is 1. The highest BCUT2D eigenvalue weighted by Gasteiger charge is 2.16. The van der Waals surface area contributed by atoms with E-state index in [0.717, 1.165) is 0 Å². The third-order valence-electron chi connectivity index (χ3n) is 2.23. The van der Waals surface area contributed by atoms with Gasteiger partial charge in [0.05, 0.1) is 20.8 Å². The summed E-state index contributed by atoms with van der Waals surface area (Å²) >= 11 is 23.5. The molecule has 0 bridgehead atoms. The molecule has 0 aliphatic heterocycles. The van der Waals surface area contributed by atoms with Crippen LogP contribution in [0.15, 0.2) is 30.3 Å². The molecule has 1 aromatic heterocycles. The lowest BCUT2D eigenvalue weighted by molar-refractivity contribution is 0.102. The quantitative estimate of drug-likeness (QED) is 0.789. The van der Waals surface area contributed by atoms with Crippen molar-refractivity contribution < 1.29 is 4.79 Å². The fraction of sp³-hybridized carbons (Fsp3) is 0. The second-order valence-corrected chi connectivity index (χ2v) is 5.12. The van der Waals surface area contributed by atoms with Crippen molar-refractivity contribution in [2.24, 2.45) is 0 Å². The maximum absolute atomic E-state index is 12.1. The summed E-state index contributed by atoms with van der Waals surface area (Å²) in [6, 6.07) is 7.86. The van der Waals surface area contributed by atoms with E-state index in [2.05, 4.69) is 10.3 Å². The van der Waals surface area contributed by atoms with E-state index in [1.165, 1.54) is 12.1 Å². The van der Waals surface area contributed by atoms with Crippen LogP contribution in [0.5, 0.6) is 0 Å². The van der Waals surface area contributed by atoms with Crippen LogP contribution in [0.1, 0.15) is 10.5 Å². The zero-order chi connectivity index (χ0) is 14.0. The number of rotatable bonds is 2. The number of hydrogen-bond donors (Lipinski definition) is 1. The Kier molecular flexibility index (Phi) is 4.53. The van der Waals surface area contributed by atoms with E-state index >= 15 is 0 Å². The average Bonchev–Trinajstić information content (AvgIpc) is 2.37. The number of aromatic nitrogens is 1. The average molecular weight is 336 g/mol. The van der Waals surface area contributed by atoms with Crippen LogP contribution >= 0.6 is 46.4 Å². The Morgan fingerprint density at radius 3 is 2.21 bits per heavy atom. The van der Waals surface area contributed by atoms with Gasteiger partial charge >= 0.3 is 0 Å². The van der Waals surface area contributed by atoms with Gasteiger partial charge < -0.3 is 5.32 Å². The van der Waals surface area contributed by atoms with Crippen LogP contribution in [0.3, 0.4) is 0 Å². The zero-order valence-electron chi connectivity index (χ0n) is 9.25. The third-order valence-corrected chi connectivity index (χ3v) is 3.37. The first kappa shape index (κ1) is 14.4. The molecule has 0 aliphatic carbocycles. The second-order valence-electron chi connectivity index (χ2n) is 3.52. The first-order valence-corrected chi connectivity index (χ1v) is 6.57. The molecule has 0 radical (unpaired) electrons. The molecule has 1 heterocycles. The normalized spacial score (nSPS) is 10.3. The van der Waals surface area contributed by atoms with Crippen LogP contribution in [-0.2, 0) is 0 Å². The van der Waals surface area contributed by atoms with Crippen molar-refractivity contribution in [2.45, 2.75) is 0 Å². The van der Waals surface area contributed by atoms with Crippen molar-refractivity contribution in [3.63, 3.8) is 0 Å². The molecule has 19 heavy (non-hydrogen) atoms. The summed E-state index contributed by atoms with van der Waals surface area (Å²) in [6.45, 7) is 0. The molecule has 0 unspecified atom stereocenters. The molecule has 3 nitrogen and oxygen atoms in total. The summed E-state index contributed by atoms with van der Waals surface area (Å²) in [4.78, 5) is 15.9. The van der Waals surface area contributed by atoms with Crippen molar-refractivity contribution in [1.29, 1.82) is 0 Å². The van der Waals surface area contributed by atoms with Gasteiger partial charge in [0.15, 0.2) is 0 Å². The molecule has 0 aliphatic rings. The Balaban J connectivity index is 2.34. The maximum atomic E-state index is 12.1. The van der Waals surface area contributed by atoms with Crippen LogP contribution in [0.4, 0.5) is 5.69 Å². The summed E-state index contributed by atoms with van der Waals surface area (Å²) in [5.41, 5.74) is 0.304. The van der Waals surface area contributed by atoms with Gasteiger partial charge in [0.2, 0.25) is 0 Å². The van der Waals surface area contributed by atoms with Crippen molar-refractivity contribution in [2.75, 3.05) is 5.32 Å². The minimum atomic E-state index is -0.539. The topological polar surface area (TPSA) is 42.0 Å². The largest absolute Gasteiger partial charge is 0.318 e. The summed E-state index contributed by atoms with van der Waals surface area (Å²) < 4.78 is 0. The lowest BCUT2D eigenvalue weighted by Gasteiger charge is -2.09. The molecule has 0 spiro atoms. The molecule has 0 atom stereocenters. The molecule has 0 saturated heterocycles. The van der Waals surface area contributed by atoms with Crippen molar-refractivity contribution in [1.82, 2.24) is 4.98 Å². The molecule has 7 heteroatoms. The van der Waals surface area contributed by atoms with Gasteiger partial charge in [-0.25, -0.2) is 4.98 Å². The lowest BCUT2D eigenvalue weighted by atomic mass is 10.3. The molecule has 1 aromatic carbocycles. The van der Waals surface area contributed by atoms with Gasteiger partial charge in [0.1, 0.15) is 10.8 Å². The van der Waals surface area contributed by atoms with E-state index in [1.54, 1.807) is 18.2 Å². The summed E-state index contributed by atoms with van der Waals surface area (Å²) in [5, 5.41) is 3.54. The highest BCUT2D eigenvalue weighted by Crippen LogP contribution is 2.30. The van der Waals surface area contributed by atoms with Crippen LogP contribution in [-0.4, -0.2) is 10.9 Å². The van der Waals surface area contributed by atoms with E-state index in [9.17, 15) is 4.79 Å². The van der Waals surface area contributed by atoms with Crippen LogP contribution in [0.2, 0.25) is 20.2 Å². The van der Waals surface area contributed by atoms with Gasteiger partial charge in [-0.1, -0.05) is 52.5 Å². The summed E-state index contributed by atoms with van der Waals surface area (Å²) in [5.74, 6) is -0.539. The van der Waals surface area contributed by atoms with Crippen LogP contribution < -0.4 is 5.32 Å². The molecule has 1 N–H and O–H groups in total.